The van der Waals surface area contributed by atoms with Gasteiger partial charge in [0.05, 0.1) is 0 Å². The molecule has 29 heavy (non-hydrogen) atoms. The Morgan fingerprint density at radius 3 is 1.59 bits per heavy atom. The van der Waals surface area contributed by atoms with Crippen molar-refractivity contribution in [2.45, 2.75) is 104 Å². The van der Waals surface area contributed by atoms with E-state index < -0.39 is 7.14 Å². The summed E-state index contributed by atoms with van der Waals surface area (Å²) in [6.07, 6.45) is 4.99. The van der Waals surface area contributed by atoms with Gasteiger partial charge in [-0.2, -0.15) is 0 Å². The number of hydrogen-bond acceptors (Lipinski definition) is 1. The van der Waals surface area contributed by atoms with E-state index in [0.717, 1.165) is 24.2 Å². The summed E-state index contributed by atoms with van der Waals surface area (Å²) in [5, 5.41) is 2.83. The third kappa shape index (κ3) is 4.17. The molecular formula is C26H44OP2. The maximum atomic E-state index is 15.1. The monoisotopic (exact) mass is 434 g/mol. The molecule has 0 amide bonds. The van der Waals surface area contributed by atoms with E-state index in [0.29, 0.717) is 35.0 Å². The molecule has 0 aromatic heterocycles. The highest BCUT2D eigenvalue weighted by Crippen LogP contribution is 2.68. The lowest BCUT2D eigenvalue weighted by Crippen LogP contribution is -2.36. The van der Waals surface area contributed by atoms with Crippen molar-refractivity contribution in [1.82, 2.24) is 0 Å². The lowest BCUT2D eigenvalue weighted by molar-refractivity contribution is 0.536. The molecular weight excluding hydrogens is 390 g/mol. The molecule has 0 radical (unpaired) electrons. The van der Waals surface area contributed by atoms with Crippen molar-refractivity contribution in [2.24, 2.45) is 23.7 Å². The van der Waals surface area contributed by atoms with Gasteiger partial charge in [-0.15, -0.1) is 0 Å². The van der Waals surface area contributed by atoms with Crippen molar-refractivity contribution in [3.05, 3.63) is 24.3 Å². The number of benzene rings is 1. The summed E-state index contributed by atoms with van der Waals surface area (Å²) in [6, 6.07) is 9.09. The fourth-order valence-electron chi connectivity index (χ4n) is 6.39. The molecule has 2 saturated heterocycles. The third-order valence-corrected chi connectivity index (χ3v) is 16.9. The summed E-state index contributed by atoms with van der Waals surface area (Å²) in [5.74, 6) is 2.42. The number of rotatable bonds is 6. The van der Waals surface area contributed by atoms with E-state index in [1.165, 1.54) is 23.5 Å². The molecule has 164 valence electrons. The van der Waals surface area contributed by atoms with Gasteiger partial charge in [0.25, 0.3) is 0 Å². The average molecular weight is 435 g/mol. The van der Waals surface area contributed by atoms with Crippen LogP contribution in [-0.2, 0) is 4.57 Å². The first-order valence-corrected chi connectivity index (χ1v) is 15.4. The molecule has 0 spiro atoms. The Kier molecular flexibility index (Phi) is 7.44. The second-order valence-electron chi connectivity index (χ2n) is 11.0. The Morgan fingerprint density at radius 2 is 1.17 bits per heavy atom. The molecule has 1 aromatic carbocycles. The van der Waals surface area contributed by atoms with Crippen LogP contribution in [0.4, 0.5) is 0 Å². The van der Waals surface area contributed by atoms with Gasteiger partial charge in [0.1, 0.15) is 7.14 Å². The fourth-order valence-corrected chi connectivity index (χ4v) is 15.9. The maximum absolute atomic E-state index is 15.1. The van der Waals surface area contributed by atoms with Crippen LogP contribution in [0.5, 0.6) is 0 Å². The molecule has 3 heteroatoms. The first kappa shape index (κ1) is 23.5. The normalized spacial score (nSPS) is 30.3. The first-order chi connectivity index (χ1) is 13.6. The molecule has 0 saturated carbocycles. The second-order valence-corrected chi connectivity index (χ2v) is 16.9. The summed E-state index contributed by atoms with van der Waals surface area (Å²) in [4.78, 5) is 0. The van der Waals surface area contributed by atoms with Gasteiger partial charge in [0.2, 0.25) is 0 Å². The molecule has 2 aliphatic rings. The third-order valence-electron chi connectivity index (χ3n) is 7.83. The van der Waals surface area contributed by atoms with Crippen molar-refractivity contribution in [3.63, 3.8) is 0 Å². The van der Waals surface area contributed by atoms with Crippen LogP contribution in [0.15, 0.2) is 24.3 Å². The minimum Gasteiger partial charge on any atom is -0.318 e. The van der Waals surface area contributed by atoms with E-state index in [1.54, 1.807) is 0 Å². The van der Waals surface area contributed by atoms with Crippen molar-refractivity contribution in [1.29, 1.82) is 0 Å². The van der Waals surface area contributed by atoms with Gasteiger partial charge in [0, 0.05) is 16.6 Å². The van der Waals surface area contributed by atoms with E-state index >= 15 is 4.57 Å². The van der Waals surface area contributed by atoms with Crippen LogP contribution in [0.1, 0.15) is 81.1 Å². The molecule has 1 aromatic rings. The van der Waals surface area contributed by atoms with Gasteiger partial charge in [-0.3, -0.25) is 0 Å². The lowest BCUT2D eigenvalue weighted by Gasteiger charge is -2.37. The molecule has 2 heterocycles. The highest BCUT2D eigenvalue weighted by molar-refractivity contribution is 7.77. The standard InChI is InChI=1S/C26H44OP2/c1-17(2)21-13-14-22(18(3)4)28(21)23-11-9-10-12-26(23)29(27)24(19(5)6)15-16-25(29)20(7)8/h9-12,17-22,24-25H,13-16H2,1-8H3/t21-,22-,24-,25-/m0/s1. The fraction of sp³-hybridized carbons (Fsp3) is 0.769. The van der Waals surface area contributed by atoms with Crippen LogP contribution < -0.4 is 10.6 Å². The van der Waals surface area contributed by atoms with E-state index in [2.05, 4.69) is 79.7 Å². The molecule has 2 fully saturated rings. The quantitative estimate of drug-likeness (QED) is 0.425. The van der Waals surface area contributed by atoms with Crippen molar-refractivity contribution >= 4 is 25.7 Å². The van der Waals surface area contributed by atoms with Crippen molar-refractivity contribution < 1.29 is 4.57 Å². The molecule has 0 bridgehead atoms. The highest BCUT2D eigenvalue weighted by atomic mass is 31.2. The van der Waals surface area contributed by atoms with Gasteiger partial charge < -0.3 is 4.57 Å². The summed E-state index contributed by atoms with van der Waals surface area (Å²) in [7, 11) is -2.71. The van der Waals surface area contributed by atoms with Crippen LogP contribution in [0.25, 0.3) is 0 Å². The summed E-state index contributed by atoms with van der Waals surface area (Å²) in [6.45, 7) is 18.9. The number of hydrogen-bond donors (Lipinski definition) is 0. The SMILES string of the molecule is CC(C)[C@@H]1CC[C@@H](C(C)C)P1c1ccccc1P1(=O)[C@H](C(C)C)CC[C@H]1C(C)C. The lowest BCUT2D eigenvalue weighted by atomic mass is 10.0. The Labute approximate surface area is 182 Å². The van der Waals surface area contributed by atoms with Gasteiger partial charge >= 0.3 is 0 Å². The predicted molar refractivity (Wildman–Crippen MR) is 133 cm³/mol. The Bertz CT molecular complexity index is 700. The van der Waals surface area contributed by atoms with Crippen LogP contribution in [-0.4, -0.2) is 22.6 Å². The molecule has 1 nitrogen and oxygen atoms in total. The van der Waals surface area contributed by atoms with Gasteiger partial charge in [0.15, 0.2) is 0 Å². The highest BCUT2D eigenvalue weighted by Gasteiger charge is 2.51. The van der Waals surface area contributed by atoms with E-state index in [1.807, 2.05) is 0 Å². The smallest absolute Gasteiger partial charge is 0.122 e. The molecule has 0 N–H and O–H groups in total. The van der Waals surface area contributed by atoms with E-state index in [4.69, 9.17) is 0 Å². The Hall–Kier alpha value is -0.120. The second kappa shape index (κ2) is 9.17. The minimum atomic E-state index is -2.44. The van der Waals surface area contributed by atoms with Gasteiger partial charge in [-0.05, 0) is 66.0 Å². The van der Waals surface area contributed by atoms with Crippen LogP contribution in [0, 0.1) is 23.7 Å². The van der Waals surface area contributed by atoms with Crippen molar-refractivity contribution in [3.8, 4) is 0 Å². The Morgan fingerprint density at radius 1 is 0.724 bits per heavy atom. The zero-order valence-corrected chi connectivity index (χ0v) is 21.8. The van der Waals surface area contributed by atoms with Crippen molar-refractivity contribution in [2.75, 3.05) is 0 Å². The van der Waals surface area contributed by atoms with E-state index in [9.17, 15) is 0 Å². The first-order valence-electron chi connectivity index (χ1n) is 12.1. The van der Waals surface area contributed by atoms with Crippen LogP contribution in [0.2, 0.25) is 0 Å². The molecule has 4 atom stereocenters. The maximum Gasteiger partial charge on any atom is 0.122 e. The predicted octanol–water partition coefficient (Wildman–Crippen LogP) is 7.47. The summed E-state index contributed by atoms with van der Waals surface area (Å²) in [5.41, 5.74) is 2.29. The summed E-state index contributed by atoms with van der Waals surface area (Å²) < 4.78 is 15.1. The van der Waals surface area contributed by atoms with Gasteiger partial charge in [-0.25, -0.2) is 0 Å². The largest absolute Gasteiger partial charge is 0.318 e. The molecule has 2 aliphatic heterocycles. The van der Waals surface area contributed by atoms with Crippen LogP contribution in [0.3, 0.4) is 0 Å². The van der Waals surface area contributed by atoms with Gasteiger partial charge in [-0.1, -0.05) is 87.6 Å². The zero-order chi connectivity index (χ0) is 21.5. The Balaban J connectivity index is 2.18. The summed E-state index contributed by atoms with van der Waals surface area (Å²) >= 11 is 0. The molecule has 0 aliphatic carbocycles. The van der Waals surface area contributed by atoms with E-state index in [-0.39, 0.29) is 7.92 Å². The topological polar surface area (TPSA) is 17.1 Å². The molecule has 3 rings (SSSR count). The average Bonchev–Trinajstić information content (AvgIpc) is 3.24. The van der Waals surface area contributed by atoms with Crippen LogP contribution >= 0.6 is 15.1 Å². The molecule has 0 unspecified atom stereocenters. The zero-order valence-electron chi connectivity index (χ0n) is 20.1. The minimum absolute atomic E-state index is 0.264.